The second kappa shape index (κ2) is 8.03. The topological polar surface area (TPSA) is 61.0 Å². The molecule has 0 aliphatic carbocycles. The summed E-state index contributed by atoms with van der Waals surface area (Å²) in [5.41, 5.74) is 6.10. The second-order valence-electron chi connectivity index (χ2n) is 7.32. The van der Waals surface area contributed by atoms with Crippen molar-refractivity contribution < 1.29 is 17.9 Å². The third-order valence-electron chi connectivity index (χ3n) is 3.80. The summed E-state index contributed by atoms with van der Waals surface area (Å²) in [6.45, 7) is 7.66. The van der Waals surface area contributed by atoms with Crippen molar-refractivity contribution in [2.45, 2.75) is 46.1 Å². The number of aromatic nitrogens is 2. The Morgan fingerprint density at radius 1 is 1.19 bits per heavy atom. The van der Waals surface area contributed by atoms with Crippen molar-refractivity contribution in [3.63, 3.8) is 0 Å². The molecular formula is C19H24F3N3O. The van der Waals surface area contributed by atoms with Gasteiger partial charge >= 0.3 is 0 Å². The van der Waals surface area contributed by atoms with E-state index in [1.165, 1.54) is 12.3 Å². The molecule has 0 fully saturated rings. The Kier molecular flexibility index (Phi) is 6.23. The van der Waals surface area contributed by atoms with Gasteiger partial charge in [-0.15, -0.1) is 0 Å². The smallest absolute Gasteiger partial charge is 0.267 e. The van der Waals surface area contributed by atoms with Crippen LogP contribution < -0.4 is 10.5 Å². The Hall–Kier alpha value is -2.15. The minimum atomic E-state index is -2.76. The van der Waals surface area contributed by atoms with Gasteiger partial charge in [-0.3, -0.25) is 9.97 Å². The van der Waals surface area contributed by atoms with E-state index in [2.05, 4.69) is 9.97 Å². The maximum absolute atomic E-state index is 14.0. The van der Waals surface area contributed by atoms with E-state index in [1.807, 2.05) is 20.8 Å². The summed E-state index contributed by atoms with van der Waals surface area (Å²) in [5.74, 6) is -0.534. The van der Waals surface area contributed by atoms with Gasteiger partial charge in [-0.05, 0) is 45.2 Å². The Bertz CT molecular complexity index is 760. The first-order valence-corrected chi connectivity index (χ1v) is 8.39. The average molecular weight is 367 g/mol. The van der Waals surface area contributed by atoms with Crippen molar-refractivity contribution in [2.75, 3.05) is 6.61 Å². The molecule has 2 aromatic rings. The van der Waals surface area contributed by atoms with Gasteiger partial charge in [-0.1, -0.05) is 6.92 Å². The van der Waals surface area contributed by atoms with E-state index in [-0.39, 0.29) is 40.6 Å². The molecule has 0 bridgehead atoms. The minimum Gasteiger partial charge on any atom is -0.491 e. The molecule has 0 spiro atoms. The van der Waals surface area contributed by atoms with Gasteiger partial charge in [0, 0.05) is 16.8 Å². The van der Waals surface area contributed by atoms with Crippen molar-refractivity contribution in [1.82, 2.24) is 9.97 Å². The average Bonchev–Trinajstić information content (AvgIpc) is 2.53. The van der Waals surface area contributed by atoms with Crippen LogP contribution >= 0.6 is 0 Å². The minimum absolute atomic E-state index is 0.00314. The third-order valence-corrected chi connectivity index (χ3v) is 3.80. The lowest BCUT2D eigenvalue weighted by molar-refractivity contribution is 0.142. The highest BCUT2D eigenvalue weighted by Crippen LogP contribution is 2.33. The molecule has 0 radical (unpaired) electrons. The molecule has 2 N–H and O–H groups in total. The molecule has 26 heavy (non-hydrogen) atoms. The molecular weight excluding hydrogens is 343 g/mol. The van der Waals surface area contributed by atoms with Gasteiger partial charge in [0.1, 0.15) is 5.75 Å². The molecule has 0 aliphatic heterocycles. The summed E-state index contributed by atoms with van der Waals surface area (Å²) in [4.78, 5) is 7.93. The molecule has 1 atom stereocenters. The number of aryl methyl sites for hydroxylation is 1. The summed E-state index contributed by atoms with van der Waals surface area (Å²) in [7, 11) is 0. The number of ether oxygens (including phenoxy) is 1. The predicted octanol–water partition coefficient (Wildman–Crippen LogP) is 4.67. The normalized spacial score (nSPS) is 13.1. The molecule has 0 amide bonds. The lowest BCUT2D eigenvalue weighted by Crippen LogP contribution is -2.35. The summed E-state index contributed by atoms with van der Waals surface area (Å²) in [6.07, 6.45) is 0.185. The molecule has 0 aromatic carbocycles. The van der Waals surface area contributed by atoms with Gasteiger partial charge in [0.15, 0.2) is 5.82 Å². The zero-order valence-corrected chi connectivity index (χ0v) is 15.4. The third kappa shape index (κ3) is 5.42. The number of alkyl halides is 2. The van der Waals surface area contributed by atoms with Crippen molar-refractivity contribution in [2.24, 2.45) is 11.7 Å². The van der Waals surface area contributed by atoms with E-state index in [9.17, 15) is 13.2 Å². The Morgan fingerprint density at radius 2 is 1.88 bits per heavy atom. The molecule has 2 aromatic heterocycles. The van der Waals surface area contributed by atoms with Crippen LogP contribution in [0.3, 0.4) is 0 Å². The SMILES string of the molecule is Cc1cc(-c2cc(C(F)F)c(OC[C@@H](C)CC(C)(C)N)cn2)c(F)cn1. The van der Waals surface area contributed by atoms with Crippen LogP contribution in [0.25, 0.3) is 11.3 Å². The van der Waals surface area contributed by atoms with Crippen LogP contribution in [-0.4, -0.2) is 22.1 Å². The van der Waals surface area contributed by atoms with Crippen LogP contribution in [0.15, 0.2) is 24.5 Å². The largest absolute Gasteiger partial charge is 0.491 e. The van der Waals surface area contributed by atoms with Crippen LogP contribution in [0.5, 0.6) is 5.75 Å². The number of rotatable bonds is 7. The summed E-state index contributed by atoms with van der Waals surface area (Å²) in [6, 6.07) is 2.63. The Morgan fingerprint density at radius 3 is 2.50 bits per heavy atom. The molecule has 2 rings (SSSR count). The fraction of sp³-hybridized carbons (Fsp3) is 0.474. The zero-order chi connectivity index (χ0) is 19.5. The molecule has 0 saturated heterocycles. The number of nitrogens with zero attached hydrogens (tertiary/aromatic N) is 2. The highest BCUT2D eigenvalue weighted by Gasteiger charge is 2.20. The van der Waals surface area contributed by atoms with Gasteiger partial charge < -0.3 is 10.5 Å². The Labute approximate surface area is 151 Å². The molecule has 0 aliphatic rings. The molecule has 2 heterocycles. The maximum atomic E-state index is 14.0. The number of halogens is 3. The van der Waals surface area contributed by atoms with Crippen molar-refractivity contribution in [3.05, 3.63) is 41.6 Å². The quantitative estimate of drug-likeness (QED) is 0.772. The number of hydrogen-bond donors (Lipinski definition) is 1. The number of pyridine rings is 2. The van der Waals surface area contributed by atoms with E-state index in [0.29, 0.717) is 12.1 Å². The van der Waals surface area contributed by atoms with Gasteiger partial charge in [0.05, 0.1) is 30.3 Å². The zero-order valence-electron chi connectivity index (χ0n) is 15.4. The van der Waals surface area contributed by atoms with E-state index < -0.39 is 12.2 Å². The first kappa shape index (κ1) is 20.2. The standard InChI is InChI=1S/C19H24F3N3O/c1-11(7-19(3,4)23)10-26-17-9-25-16(6-14(17)18(21)22)13-5-12(2)24-8-15(13)20/h5-6,8-9,11,18H,7,10,23H2,1-4H3/t11-/m0/s1. The first-order chi connectivity index (χ1) is 12.1. The molecule has 4 nitrogen and oxygen atoms in total. The second-order valence-corrected chi connectivity index (χ2v) is 7.32. The van der Waals surface area contributed by atoms with Crippen molar-refractivity contribution in [1.29, 1.82) is 0 Å². The van der Waals surface area contributed by atoms with Crippen LogP contribution in [0.2, 0.25) is 0 Å². The van der Waals surface area contributed by atoms with E-state index >= 15 is 0 Å². The van der Waals surface area contributed by atoms with E-state index in [4.69, 9.17) is 10.5 Å². The highest BCUT2D eigenvalue weighted by molar-refractivity contribution is 5.62. The van der Waals surface area contributed by atoms with E-state index in [0.717, 1.165) is 12.3 Å². The van der Waals surface area contributed by atoms with Gasteiger partial charge in [0.2, 0.25) is 0 Å². The molecule has 0 unspecified atom stereocenters. The monoisotopic (exact) mass is 367 g/mol. The molecule has 7 heteroatoms. The first-order valence-electron chi connectivity index (χ1n) is 8.39. The Balaban J connectivity index is 2.25. The van der Waals surface area contributed by atoms with Crippen LogP contribution in [0.4, 0.5) is 13.2 Å². The lowest BCUT2D eigenvalue weighted by Gasteiger charge is -2.23. The van der Waals surface area contributed by atoms with E-state index in [1.54, 1.807) is 6.92 Å². The highest BCUT2D eigenvalue weighted by atomic mass is 19.3. The van der Waals surface area contributed by atoms with Gasteiger partial charge in [-0.25, -0.2) is 13.2 Å². The van der Waals surface area contributed by atoms with Gasteiger partial charge in [0.25, 0.3) is 6.43 Å². The molecule has 0 saturated carbocycles. The van der Waals surface area contributed by atoms with Crippen LogP contribution in [-0.2, 0) is 0 Å². The van der Waals surface area contributed by atoms with Crippen LogP contribution in [0, 0.1) is 18.7 Å². The summed E-state index contributed by atoms with van der Waals surface area (Å²) >= 11 is 0. The van der Waals surface area contributed by atoms with Crippen molar-refractivity contribution in [3.8, 4) is 17.0 Å². The molecule has 142 valence electrons. The van der Waals surface area contributed by atoms with Crippen molar-refractivity contribution >= 4 is 0 Å². The fourth-order valence-electron chi connectivity index (χ4n) is 2.83. The number of hydrogen-bond acceptors (Lipinski definition) is 4. The fourth-order valence-corrected chi connectivity index (χ4v) is 2.83. The lowest BCUT2D eigenvalue weighted by atomic mass is 9.93. The summed E-state index contributed by atoms with van der Waals surface area (Å²) < 4.78 is 46.4. The number of nitrogens with two attached hydrogens (primary N) is 1. The summed E-state index contributed by atoms with van der Waals surface area (Å²) in [5, 5.41) is 0. The van der Waals surface area contributed by atoms with Crippen LogP contribution in [0.1, 0.15) is 44.9 Å². The predicted molar refractivity (Wildman–Crippen MR) is 94.7 cm³/mol. The maximum Gasteiger partial charge on any atom is 0.267 e. The van der Waals surface area contributed by atoms with Gasteiger partial charge in [-0.2, -0.15) is 0 Å².